The van der Waals surface area contributed by atoms with Gasteiger partial charge in [0, 0.05) is 0 Å². The third kappa shape index (κ3) is 2.80. The molecule has 1 fully saturated rings. The standard InChI is InChI=1S/C11H18O/c1-3-4-11(8-12)9(2)7-10-5-6-10/h4,8-10H,3,5-7H2,1-2H3/b11-4-. The predicted molar refractivity (Wildman–Crippen MR) is 50.9 cm³/mol. The van der Waals surface area contributed by atoms with Gasteiger partial charge < -0.3 is 0 Å². The molecule has 0 aromatic rings. The monoisotopic (exact) mass is 166 g/mol. The number of rotatable bonds is 5. The van der Waals surface area contributed by atoms with Gasteiger partial charge in [-0.25, -0.2) is 0 Å². The Morgan fingerprint density at radius 1 is 1.58 bits per heavy atom. The van der Waals surface area contributed by atoms with Crippen LogP contribution in [0.4, 0.5) is 0 Å². The maximum Gasteiger partial charge on any atom is 0.145 e. The predicted octanol–water partition coefficient (Wildman–Crippen LogP) is 2.96. The van der Waals surface area contributed by atoms with Crippen molar-refractivity contribution >= 4 is 6.29 Å². The number of hydrogen-bond donors (Lipinski definition) is 0. The van der Waals surface area contributed by atoms with Crippen molar-refractivity contribution < 1.29 is 4.79 Å². The van der Waals surface area contributed by atoms with Crippen LogP contribution in [0.1, 0.15) is 39.5 Å². The summed E-state index contributed by atoms with van der Waals surface area (Å²) in [7, 11) is 0. The van der Waals surface area contributed by atoms with E-state index in [9.17, 15) is 4.79 Å². The van der Waals surface area contributed by atoms with Crippen LogP contribution in [-0.4, -0.2) is 6.29 Å². The molecule has 1 atom stereocenters. The lowest BCUT2D eigenvalue weighted by Gasteiger charge is -2.09. The molecule has 0 aromatic heterocycles. The molecule has 1 rings (SSSR count). The second kappa shape index (κ2) is 4.44. The van der Waals surface area contributed by atoms with Crippen LogP contribution in [0.15, 0.2) is 11.6 Å². The summed E-state index contributed by atoms with van der Waals surface area (Å²) in [5, 5.41) is 0. The maximum absolute atomic E-state index is 10.7. The summed E-state index contributed by atoms with van der Waals surface area (Å²) in [6, 6.07) is 0. The largest absolute Gasteiger partial charge is 0.298 e. The minimum atomic E-state index is 0.481. The SMILES string of the molecule is CC/C=C(/C=O)C(C)CC1CC1. The van der Waals surface area contributed by atoms with Crippen LogP contribution in [0, 0.1) is 11.8 Å². The van der Waals surface area contributed by atoms with Gasteiger partial charge in [0.25, 0.3) is 0 Å². The Morgan fingerprint density at radius 3 is 2.67 bits per heavy atom. The molecule has 1 heteroatoms. The van der Waals surface area contributed by atoms with Crippen molar-refractivity contribution in [2.24, 2.45) is 11.8 Å². The average molecular weight is 166 g/mol. The Morgan fingerprint density at radius 2 is 2.25 bits per heavy atom. The van der Waals surface area contributed by atoms with E-state index in [-0.39, 0.29) is 0 Å². The van der Waals surface area contributed by atoms with E-state index in [4.69, 9.17) is 0 Å². The molecule has 0 saturated heterocycles. The Labute approximate surface area is 74.9 Å². The zero-order chi connectivity index (χ0) is 8.97. The van der Waals surface area contributed by atoms with Gasteiger partial charge in [0.2, 0.25) is 0 Å². The summed E-state index contributed by atoms with van der Waals surface area (Å²) < 4.78 is 0. The molecular weight excluding hydrogens is 148 g/mol. The molecule has 1 aliphatic carbocycles. The topological polar surface area (TPSA) is 17.1 Å². The molecule has 0 radical (unpaired) electrons. The second-order valence-corrected chi connectivity index (χ2v) is 3.81. The van der Waals surface area contributed by atoms with Crippen molar-refractivity contribution in [3.05, 3.63) is 11.6 Å². The maximum atomic E-state index is 10.7. The van der Waals surface area contributed by atoms with Crippen molar-refractivity contribution in [2.45, 2.75) is 39.5 Å². The first kappa shape index (κ1) is 9.50. The molecule has 1 saturated carbocycles. The Bertz CT molecular complexity index is 177. The van der Waals surface area contributed by atoms with E-state index < -0.39 is 0 Å². The van der Waals surface area contributed by atoms with Crippen LogP contribution in [0.25, 0.3) is 0 Å². The fourth-order valence-electron chi connectivity index (χ4n) is 1.59. The summed E-state index contributed by atoms with van der Waals surface area (Å²) in [5.41, 5.74) is 1.00. The summed E-state index contributed by atoms with van der Waals surface area (Å²) in [6.45, 7) is 4.24. The van der Waals surface area contributed by atoms with Gasteiger partial charge >= 0.3 is 0 Å². The van der Waals surface area contributed by atoms with Gasteiger partial charge in [-0.05, 0) is 30.3 Å². The van der Waals surface area contributed by atoms with Crippen LogP contribution >= 0.6 is 0 Å². The van der Waals surface area contributed by atoms with E-state index in [1.165, 1.54) is 19.3 Å². The van der Waals surface area contributed by atoms with Crippen LogP contribution < -0.4 is 0 Å². The minimum absolute atomic E-state index is 0.481. The van der Waals surface area contributed by atoms with Crippen LogP contribution in [-0.2, 0) is 4.79 Å². The van der Waals surface area contributed by atoms with Crippen molar-refractivity contribution in [3.63, 3.8) is 0 Å². The third-order valence-corrected chi connectivity index (χ3v) is 2.53. The quantitative estimate of drug-likeness (QED) is 0.453. The van der Waals surface area contributed by atoms with Gasteiger partial charge in [0.1, 0.15) is 6.29 Å². The third-order valence-electron chi connectivity index (χ3n) is 2.53. The van der Waals surface area contributed by atoms with Crippen molar-refractivity contribution in [3.8, 4) is 0 Å². The molecule has 12 heavy (non-hydrogen) atoms. The van der Waals surface area contributed by atoms with Gasteiger partial charge in [-0.15, -0.1) is 0 Å². The lowest BCUT2D eigenvalue weighted by Crippen LogP contribution is -2.01. The summed E-state index contributed by atoms with van der Waals surface area (Å²) in [6.07, 6.45) is 8.02. The first-order chi connectivity index (χ1) is 5.77. The van der Waals surface area contributed by atoms with E-state index in [2.05, 4.69) is 19.9 Å². The molecule has 1 nitrogen and oxygen atoms in total. The second-order valence-electron chi connectivity index (χ2n) is 3.81. The molecule has 1 aliphatic rings. The van der Waals surface area contributed by atoms with Gasteiger partial charge in [0.15, 0.2) is 0 Å². The van der Waals surface area contributed by atoms with Crippen LogP contribution in [0.3, 0.4) is 0 Å². The van der Waals surface area contributed by atoms with Gasteiger partial charge in [-0.1, -0.05) is 32.8 Å². The first-order valence-corrected chi connectivity index (χ1v) is 4.93. The summed E-state index contributed by atoms with van der Waals surface area (Å²) >= 11 is 0. The highest BCUT2D eigenvalue weighted by molar-refractivity contribution is 5.73. The number of carbonyl (C=O) groups excluding carboxylic acids is 1. The summed E-state index contributed by atoms with van der Waals surface area (Å²) in [4.78, 5) is 10.7. The van der Waals surface area contributed by atoms with Crippen molar-refractivity contribution in [2.75, 3.05) is 0 Å². The average Bonchev–Trinajstić information content (AvgIpc) is 2.83. The molecular formula is C11H18O. The molecule has 0 spiro atoms. The molecule has 0 bridgehead atoms. The molecule has 0 amide bonds. The number of carbonyl (C=O) groups is 1. The van der Waals surface area contributed by atoms with E-state index >= 15 is 0 Å². The smallest absolute Gasteiger partial charge is 0.145 e. The number of aldehydes is 1. The highest BCUT2D eigenvalue weighted by Crippen LogP contribution is 2.36. The number of hydrogen-bond acceptors (Lipinski definition) is 1. The molecule has 0 aromatic carbocycles. The Balaban J connectivity index is 2.39. The van der Waals surface area contributed by atoms with Crippen molar-refractivity contribution in [1.82, 2.24) is 0 Å². The summed E-state index contributed by atoms with van der Waals surface area (Å²) in [5.74, 6) is 1.40. The van der Waals surface area contributed by atoms with E-state index in [0.29, 0.717) is 5.92 Å². The van der Waals surface area contributed by atoms with Crippen molar-refractivity contribution in [1.29, 1.82) is 0 Å². The van der Waals surface area contributed by atoms with E-state index in [1.54, 1.807) is 0 Å². The lowest BCUT2D eigenvalue weighted by molar-refractivity contribution is -0.105. The molecule has 68 valence electrons. The molecule has 1 unspecified atom stereocenters. The molecule has 0 N–H and O–H groups in total. The van der Waals surface area contributed by atoms with Crippen LogP contribution in [0.2, 0.25) is 0 Å². The molecule has 0 heterocycles. The zero-order valence-electron chi connectivity index (χ0n) is 8.05. The Kier molecular flexibility index (Phi) is 3.51. The highest BCUT2D eigenvalue weighted by atomic mass is 16.1. The normalized spacial score (nSPS) is 20.7. The zero-order valence-corrected chi connectivity index (χ0v) is 8.05. The fraction of sp³-hybridized carbons (Fsp3) is 0.727. The highest BCUT2D eigenvalue weighted by Gasteiger charge is 2.24. The minimum Gasteiger partial charge on any atom is -0.298 e. The fourth-order valence-corrected chi connectivity index (χ4v) is 1.59. The lowest BCUT2D eigenvalue weighted by atomic mass is 9.95. The first-order valence-electron chi connectivity index (χ1n) is 4.93. The van der Waals surface area contributed by atoms with Gasteiger partial charge in [0.05, 0.1) is 0 Å². The van der Waals surface area contributed by atoms with Gasteiger partial charge in [-0.3, -0.25) is 4.79 Å². The number of allylic oxidation sites excluding steroid dienone is 2. The molecule has 0 aliphatic heterocycles. The van der Waals surface area contributed by atoms with Crippen LogP contribution in [0.5, 0.6) is 0 Å². The van der Waals surface area contributed by atoms with E-state index in [1.807, 2.05) is 0 Å². The van der Waals surface area contributed by atoms with Gasteiger partial charge in [-0.2, -0.15) is 0 Å². The van der Waals surface area contributed by atoms with E-state index in [0.717, 1.165) is 24.2 Å². The Hall–Kier alpha value is -0.590.